The molecule has 2 rings (SSSR count). The summed E-state index contributed by atoms with van der Waals surface area (Å²) in [4.78, 5) is 12.9. The lowest BCUT2D eigenvalue weighted by Crippen LogP contribution is -2.22. The summed E-state index contributed by atoms with van der Waals surface area (Å²) in [5.41, 5.74) is 0.913. The summed E-state index contributed by atoms with van der Waals surface area (Å²) in [5, 5.41) is 12.4. The highest BCUT2D eigenvalue weighted by Gasteiger charge is 2.18. The second-order valence-corrected chi connectivity index (χ2v) is 6.62. The molecule has 0 heterocycles. The van der Waals surface area contributed by atoms with Crippen molar-refractivity contribution in [1.82, 2.24) is 0 Å². The maximum Gasteiger partial charge on any atom is 0.237 e. The Balaban J connectivity index is 2.12. The van der Waals surface area contributed by atoms with Crippen LogP contribution in [0.25, 0.3) is 0 Å². The number of carbonyl (C=O) groups is 1. The summed E-state index contributed by atoms with van der Waals surface area (Å²) in [5.74, 6) is -0.219. The van der Waals surface area contributed by atoms with Crippen molar-refractivity contribution in [2.75, 3.05) is 5.32 Å². The van der Waals surface area contributed by atoms with Crippen LogP contribution < -0.4 is 5.32 Å². The van der Waals surface area contributed by atoms with Crippen molar-refractivity contribution in [3.8, 4) is 6.07 Å². The molecule has 0 unspecified atom stereocenters. The van der Waals surface area contributed by atoms with Crippen LogP contribution in [-0.2, 0) is 4.79 Å². The van der Waals surface area contributed by atoms with Crippen LogP contribution in [-0.4, -0.2) is 11.2 Å². The summed E-state index contributed by atoms with van der Waals surface area (Å²) < 4.78 is 0. The van der Waals surface area contributed by atoms with E-state index in [1.807, 2.05) is 6.07 Å². The number of nitrogens with zero attached hydrogens (tertiary/aromatic N) is 1. The van der Waals surface area contributed by atoms with Gasteiger partial charge in [-0.25, -0.2) is 0 Å². The number of hydrogen-bond acceptors (Lipinski definition) is 3. The molecule has 1 N–H and O–H groups in total. The number of halogens is 2. The number of para-hydroxylation sites is 1. The smallest absolute Gasteiger partial charge is 0.237 e. The Morgan fingerprint density at radius 2 is 1.82 bits per heavy atom. The lowest BCUT2D eigenvalue weighted by Gasteiger charge is -2.14. The summed E-state index contributed by atoms with van der Waals surface area (Å²) in [6.07, 6.45) is 0. The molecule has 0 fully saturated rings. The lowest BCUT2D eigenvalue weighted by atomic mass is 10.2. The number of amides is 1. The molecular weight excluding hydrogens is 339 g/mol. The molecule has 1 amide bonds. The number of hydrogen-bond donors (Lipinski definition) is 1. The van der Waals surface area contributed by atoms with Crippen molar-refractivity contribution < 1.29 is 4.79 Å². The van der Waals surface area contributed by atoms with Crippen molar-refractivity contribution in [2.45, 2.75) is 17.1 Å². The number of anilines is 1. The molecular formula is C16H12Cl2N2OS. The van der Waals surface area contributed by atoms with Gasteiger partial charge in [-0.05, 0) is 31.2 Å². The third kappa shape index (κ3) is 3.95. The third-order valence-corrected chi connectivity index (χ3v) is 4.99. The largest absolute Gasteiger partial charge is 0.324 e. The van der Waals surface area contributed by atoms with Crippen molar-refractivity contribution in [3.05, 3.63) is 58.1 Å². The van der Waals surface area contributed by atoms with Gasteiger partial charge in [0, 0.05) is 4.90 Å². The van der Waals surface area contributed by atoms with Gasteiger partial charge in [0.1, 0.15) is 6.07 Å². The fraction of sp³-hybridized carbons (Fsp3) is 0.125. The van der Waals surface area contributed by atoms with Gasteiger partial charge in [0.15, 0.2) is 0 Å². The Labute approximate surface area is 143 Å². The fourth-order valence-corrected chi connectivity index (χ4v) is 3.29. The van der Waals surface area contributed by atoms with E-state index >= 15 is 0 Å². The van der Waals surface area contributed by atoms with E-state index in [0.717, 1.165) is 0 Å². The Hall–Kier alpha value is -1.67. The Morgan fingerprint density at radius 3 is 2.45 bits per heavy atom. The van der Waals surface area contributed by atoms with Crippen LogP contribution in [0, 0.1) is 11.3 Å². The van der Waals surface area contributed by atoms with Gasteiger partial charge in [-0.3, -0.25) is 4.79 Å². The maximum atomic E-state index is 12.3. The summed E-state index contributed by atoms with van der Waals surface area (Å²) in [7, 11) is 0. The first-order valence-corrected chi connectivity index (χ1v) is 8.07. The minimum absolute atomic E-state index is 0.219. The van der Waals surface area contributed by atoms with E-state index in [1.54, 1.807) is 49.4 Å². The number of nitrogens with one attached hydrogen (secondary N) is 1. The molecule has 3 nitrogen and oxygen atoms in total. The fourth-order valence-electron chi connectivity index (χ4n) is 1.75. The van der Waals surface area contributed by atoms with Gasteiger partial charge in [-0.15, -0.1) is 11.8 Å². The molecule has 0 bridgehead atoms. The van der Waals surface area contributed by atoms with Gasteiger partial charge in [-0.2, -0.15) is 5.26 Å². The minimum atomic E-state index is -0.413. The maximum absolute atomic E-state index is 12.3. The van der Waals surface area contributed by atoms with Crippen molar-refractivity contribution in [2.24, 2.45) is 0 Å². The van der Waals surface area contributed by atoms with Crippen LogP contribution >= 0.6 is 35.0 Å². The number of thioether (sulfide) groups is 1. The first-order valence-electron chi connectivity index (χ1n) is 6.43. The highest BCUT2D eigenvalue weighted by molar-refractivity contribution is 8.00. The molecule has 0 aliphatic carbocycles. The van der Waals surface area contributed by atoms with Gasteiger partial charge < -0.3 is 5.32 Å². The Morgan fingerprint density at radius 1 is 1.18 bits per heavy atom. The van der Waals surface area contributed by atoms with Gasteiger partial charge in [-0.1, -0.05) is 41.4 Å². The molecule has 0 spiro atoms. The van der Waals surface area contributed by atoms with Crippen LogP contribution in [0.2, 0.25) is 10.0 Å². The predicted octanol–water partition coefficient (Wildman–Crippen LogP) is 4.98. The number of benzene rings is 2. The van der Waals surface area contributed by atoms with Crippen LogP contribution in [0.5, 0.6) is 0 Å². The van der Waals surface area contributed by atoms with E-state index in [9.17, 15) is 4.79 Å². The van der Waals surface area contributed by atoms with Crippen LogP contribution in [0.1, 0.15) is 12.5 Å². The van der Waals surface area contributed by atoms with E-state index in [-0.39, 0.29) is 5.91 Å². The molecule has 112 valence electrons. The lowest BCUT2D eigenvalue weighted by molar-refractivity contribution is -0.115. The quantitative estimate of drug-likeness (QED) is 0.790. The van der Waals surface area contributed by atoms with Crippen molar-refractivity contribution >= 4 is 46.6 Å². The zero-order valence-electron chi connectivity index (χ0n) is 11.6. The van der Waals surface area contributed by atoms with Crippen molar-refractivity contribution in [3.63, 3.8) is 0 Å². The minimum Gasteiger partial charge on any atom is -0.324 e. The third-order valence-electron chi connectivity index (χ3n) is 2.89. The molecule has 0 radical (unpaired) electrons. The first-order chi connectivity index (χ1) is 10.5. The zero-order valence-corrected chi connectivity index (χ0v) is 14.0. The number of carbonyl (C=O) groups excluding carboxylic acids is 1. The summed E-state index contributed by atoms with van der Waals surface area (Å²) in [6.45, 7) is 1.76. The second kappa shape index (κ2) is 7.55. The molecule has 0 aliphatic heterocycles. The number of rotatable bonds is 4. The average Bonchev–Trinajstić information content (AvgIpc) is 2.51. The molecule has 0 saturated heterocycles. The summed E-state index contributed by atoms with van der Waals surface area (Å²) in [6, 6.07) is 14.1. The second-order valence-electron chi connectivity index (χ2n) is 4.46. The van der Waals surface area contributed by atoms with Crippen LogP contribution in [0.4, 0.5) is 5.69 Å². The molecule has 0 aromatic heterocycles. The Bertz CT molecular complexity index is 723. The molecule has 22 heavy (non-hydrogen) atoms. The zero-order chi connectivity index (χ0) is 16.1. The first kappa shape index (κ1) is 16.7. The highest BCUT2D eigenvalue weighted by atomic mass is 35.5. The van der Waals surface area contributed by atoms with Gasteiger partial charge in [0.05, 0.1) is 26.5 Å². The standard InChI is InChI=1S/C16H12Cl2N2OS/c1-10(22-15-12(17)6-4-7-13(15)18)16(21)20-14-8-3-2-5-11(14)9-19/h2-8,10H,1H3,(H,20,21)/t10-/m0/s1. The average molecular weight is 351 g/mol. The van der Waals surface area contributed by atoms with Gasteiger partial charge in [0.25, 0.3) is 0 Å². The molecule has 2 aromatic rings. The molecule has 0 saturated carbocycles. The van der Waals surface area contributed by atoms with E-state index < -0.39 is 5.25 Å². The van der Waals surface area contributed by atoms with E-state index in [2.05, 4.69) is 5.32 Å². The van der Waals surface area contributed by atoms with E-state index in [1.165, 1.54) is 11.8 Å². The topological polar surface area (TPSA) is 52.9 Å². The van der Waals surface area contributed by atoms with E-state index in [0.29, 0.717) is 26.2 Å². The monoisotopic (exact) mass is 350 g/mol. The molecule has 6 heteroatoms. The van der Waals surface area contributed by atoms with E-state index in [4.69, 9.17) is 28.5 Å². The van der Waals surface area contributed by atoms with Crippen LogP contribution in [0.15, 0.2) is 47.4 Å². The molecule has 2 aromatic carbocycles. The molecule has 0 aliphatic rings. The van der Waals surface area contributed by atoms with Crippen LogP contribution in [0.3, 0.4) is 0 Å². The normalized spacial score (nSPS) is 11.5. The van der Waals surface area contributed by atoms with Gasteiger partial charge >= 0.3 is 0 Å². The number of nitriles is 1. The SMILES string of the molecule is C[C@H](Sc1c(Cl)cccc1Cl)C(=O)Nc1ccccc1C#N. The van der Waals surface area contributed by atoms with Crippen molar-refractivity contribution in [1.29, 1.82) is 5.26 Å². The van der Waals surface area contributed by atoms with Gasteiger partial charge in [0.2, 0.25) is 5.91 Å². The molecule has 1 atom stereocenters. The Kier molecular flexibility index (Phi) is 5.73. The predicted molar refractivity (Wildman–Crippen MR) is 91.6 cm³/mol. The highest BCUT2D eigenvalue weighted by Crippen LogP contribution is 2.36. The summed E-state index contributed by atoms with van der Waals surface area (Å²) >= 11 is 13.5.